The van der Waals surface area contributed by atoms with Crippen LogP contribution < -0.4 is 10.6 Å². The Morgan fingerprint density at radius 1 is 0.906 bits per heavy atom. The van der Waals surface area contributed by atoms with Crippen molar-refractivity contribution in [1.29, 1.82) is 0 Å². The van der Waals surface area contributed by atoms with Crippen LogP contribution in [0.3, 0.4) is 0 Å². The van der Waals surface area contributed by atoms with Crippen LogP contribution in [0.5, 0.6) is 0 Å². The van der Waals surface area contributed by atoms with E-state index in [-0.39, 0.29) is 24.0 Å². The van der Waals surface area contributed by atoms with Gasteiger partial charge in [-0.25, -0.2) is 0 Å². The van der Waals surface area contributed by atoms with Crippen LogP contribution in [0.15, 0.2) is 4.99 Å². The average molecular weight is 562 g/mol. The van der Waals surface area contributed by atoms with Gasteiger partial charge >= 0.3 is 0 Å². The fourth-order valence-corrected chi connectivity index (χ4v) is 6.11. The highest BCUT2D eigenvalue weighted by molar-refractivity contribution is 14.0. The minimum Gasteiger partial charge on any atom is -0.381 e. The van der Waals surface area contributed by atoms with Gasteiger partial charge in [-0.2, -0.15) is 0 Å². The van der Waals surface area contributed by atoms with Crippen LogP contribution in [-0.4, -0.2) is 86.9 Å². The standard InChI is InChI=1S/C25H47N5O.HI/c1-2-26-25(28-23-10-14-29(15-11-23)18-22-12-16-31-20-22)27-17-24-9-6-13-30(24)19-21-7-4-3-5-8-21;/h21-24H,2-20H2,1H3,(H2,26,27,28);1H. The van der Waals surface area contributed by atoms with Crippen molar-refractivity contribution < 1.29 is 4.74 Å². The molecule has 2 atom stereocenters. The number of nitrogens with zero attached hydrogens (tertiary/aromatic N) is 3. The van der Waals surface area contributed by atoms with Gasteiger partial charge in [0.1, 0.15) is 0 Å². The summed E-state index contributed by atoms with van der Waals surface area (Å²) in [6, 6.07) is 1.20. The number of halogens is 1. The largest absolute Gasteiger partial charge is 0.381 e. The second kappa shape index (κ2) is 14.3. The number of ether oxygens (including phenoxy) is 1. The van der Waals surface area contributed by atoms with E-state index in [1.807, 2.05) is 0 Å². The molecule has 3 saturated heterocycles. The van der Waals surface area contributed by atoms with Crippen molar-refractivity contribution in [3.63, 3.8) is 0 Å². The summed E-state index contributed by atoms with van der Waals surface area (Å²) < 4.78 is 5.55. The molecule has 7 heteroatoms. The summed E-state index contributed by atoms with van der Waals surface area (Å²) in [5, 5.41) is 7.27. The highest BCUT2D eigenvalue weighted by atomic mass is 127. The molecule has 0 aromatic heterocycles. The lowest BCUT2D eigenvalue weighted by Crippen LogP contribution is -2.49. The van der Waals surface area contributed by atoms with Gasteiger partial charge in [-0.05, 0) is 70.3 Å². The molecule has 0 bridgehead atoms. The zero-order valence-corrected chi connectivity index (χ0v) is 22.7. The first-order valence-corrected chi connectivity index (χ1v) is 13.4. The molecular weight excluding hydrogens is 513 g/mol. The molecule has 4 aliphatic rings. The van der Waals surface area contributed by atoms with E-state index >= 15 is 0 Å². The highest BCUT2D eigenvalue weighted by Gasteiger charge is 2.28. The van der Waals surface area contributed by atoms with Crippen molar-refractivity contribution in [3.8, 4) is 0 Å². The third-order valence-corrected chi connectivity index (χ3v) is 7.99. The third-order valence-electron chi connectivity index (χ3n) is 7.99. The lowest BCUT2D eigenvalue weighted by molar-refractivity contribution is 0.150. The minimum absolute atomic E-state index is 0. The molecular formula is C25H48IN5O. The molecule has 0 radical (unpaired) electrons. The van der Waals surface area contributed by atoms with Crippen LogP contribution in [-0.2, 0) is 4.74 Å². The molecule has 1 aliphatic carbocycles. The number of piperidine rings is 1. The summed E-state index contributed by atoms with van der Waals surface area (Å²) >= 11 is 0. The van der Waals surface area contributed by atoms with Crippen molar-refractivity contribution in [3.05, 3.63) is 0 Å². The normalized spacial score (nSPS) is 29.2. The zero-order valence-electron chi connectivity index (χ0n) is 20.4. The third kappa shape index (κ3) is 8.27. The summed E-state index contributed by atoms with van der Waals surface area (Å²) in [7, 11) is 0. The Kier molecular flexibility index (Phi) is 11.9. The lowest BCUT2D eigenvalue weighted by atomic mass is 9.89. The number of nitrogens with one attached hydrogen (secondary N) is 2. The maximum atomic E-state index is 5.55. The first-order valence-electron chi connectivity index (χ1n) is 13.4. The van der Waals surface area contributed by atoms with Crippen LogP contribution in [0.25, 0.3) is 0 Å². The Morgan fingerprint density at radius 3 is 2.44 bits per heavy atom. The van der Waals surface area contributed by atoms with Gasteiger partial charge < -0.3 is 20.3 Å². The molecule has 4 fully saturated rings. The predicted molar refractivity (Wildman–Crippen MR) is 144 cm³/mol. The molecule has 2 N–H and O–H groups in total. The van der Waals surface area contributed by atoms with Crippen LogP contribution in [0, 0.1) is 11.8 Å². The second-order valence-electron chi connectivity index (χ2n) is 10.5. The molecule has 4 rings (SSSR count). The quantitative estimate of drug-likeness (QED) is 0.269. The topological polar surface area (TPSA) is 52.1 Å². The van der Waals surface area contributed by atoms with E-state index in [2.05, 4.69) is 27.4 Å². The van der Waals surface area contributed by atoms with Crippen LogP contribution >= 0.6 is 24.0 Å². The van der Waals surface area contributed by atoms with E-state index < -0.39 is 0 Å². The van der Waals surface area contributed by atoms with Gasteiger partial charge in [0.2, 0.25) is 0 Å². The van der Waals surface area contributed by atoms with Gasteiger partial charge in [0.15, 0.2) is 5.96 Å². The molecule has 3 aliphatic heterocycles. The number of likely N-dealkylation sites (tertiary alicyclic amines) is 2. The highest BCUT2D eigenvalue weighted by Crippen LogP contribution is 2.27. The fraction of sp³-hybridized carbons (Fsp3) is 0.960. The lowest BCUT2D eigenvalue weighted by Gasteiger charge is -2.34. The van der Waals surface area contributed by atoms with Crippen LogP contribution in [0.1, 0.15) is 71.1 Å². The van der Waals surface area contributed by atoms with Crippen molar-refractivity contribution >= 4 is 29.9 Å². The molecule has 0 spiro atoms. The summed E-state index contributed by atoms with van der Waals surface area (Å²) in [6.07, 6.45) is 13.6. The van der Waals surface area contributed by atoms with Gasteiger partial charge in [-0.15, -0.1) is 24.0 Å². The Morgan fingerprint density at radius 2 is 1.72 bits per heavy atom. The Balaban J connectivity index is 0.00000289. The SMILES string of the molecule is CCNC(=NCC1CCCN1CC1CCCCC1)NC1CCN(CC2CCOC2)CC1.I. The van der Waals surface area contributed by atoms with E-state index in [4.69, 9.17) is 9.73 Å². The molecule has 32 heavy (non-hydrogen) atoms. The van der Waals surface area contributed by atoms with Crippen LogP contribution in [0.2, 0.25) is 0 Å². The summed E-state index contributed by atoms with van der Waals surface area (Å²) in [4.78, 5) is 10.5. The molecule has 1 saturated carbocycles. The molecule has 2 unspecified atom stereocenters. The number of hydrogen-bond donors (Lipinski definition) is 2. The van der Waals surface area contributed by atoms with E-state index in [0.717, 1.165) is 44.1 Å². The smallest absolute Gasteiger partial charge is 0.191 e. The van der Waals surface area contributed by atoms with Crippen molar-refractivity contribution in [2.45, 2.75) is 83.2 Å². The molecule has 186 valence electrons. The van der Waals surface area contributed by atoms with Gasteiger partial charge in [-0.3, -0.25) is 9.89 Å². The average Bonchev–Trinajstić information content (AvgIpc) is 3.46. The Labute approximate surface area is 213 Å². The Hall–Kier alpha value is -0.120. The van der Waals surface area contributed by atoms with Gasteiger partial charge in [0, 0.05) is 51.4 Å². The monoisotopic (exact) mass is 561 g/mol. The van der Waals surface area contributed by atoms with Crippen molar-refractivity contribution in [1.82, 2.24) is 20.4 Å². The zero-order chi connectivity index (χ0) is 21.3. The summed E-state index contributed by atoms with van der Waals surface area (Å²) in [6.45, 7) is 12.2. The maximum absolute atomic E-state index is 5.55. The number of aliphatic imine (C=N–C) groups is 1. The van der Waals surface area contributed by atoms with E-state index in [1.54, 1.807) is 0 Å². The number of guanidine groups is 1. The van der Waals surface area contributed by atoms with Gasteiger partial charge in [0.25, 0.3) is 0 Å². The predicted octanol–water partition coefficient (Wildman–Crippen LogP) is 3.71. The van der Waals surface area contributed by atoms with Gasteiger partial charge in [0.05, 0.1) is 13.2 Å². The minimum atomic E-state index is 0. The maximum Gasteiger partial charge on any atom is 0.191 e. The van der Waals surface area contributed by atoms with Crippen LogP contribution in [0.4, 0.5) is 0 Å². The second-order valence-corrected chi connectivity index (χ2v) is 10.5. The van der Waals surface area contributed by atoms with E-state index in [9.17, 15) is 0 Å². The fourth-order valence-electron chi connectivity index (χ4n) is 6.11. The van der Waals surface area contributed by atoms with Gasteiger partial charge in [-0.1, -0.05) is 19.3 Å². The van der Waals surface area contributed by atoms with Crippen molar-refractivity contribution in [2.24, 2.45) is 16.8 Å². The summed E-state index contributed by atoms with van der Waals surface area (Å²) in [5.74, 6) is 2.73. The first kappa shape index (κ1) is 26.5. The number of hydrogen-bond acceptors (Lipinski definition) is 4. The molecule has 6 nitrogen and oxygen atoms in total. The molecule has 0 aromatic carbocycles. The molecule has 0 amide bonds. The van der Waals surface area contributed by atoms with E-state index in [0.29, 0.717) is 12.1 Å². The van der Waals surface area contributed by atoms with E-state index in [1.165, 1.54) is 96.9 Å². The summed E-state index contributed by atoms with van der Waals surface area (Å²) in [5.41, 5.74) is 0. The molecule has 0 aromatic rings. The Bertz CT molecular complexity index is 542. The van der Waals surface area contributed by atoms with Crippen molar-refractivity contribution in [2.75, 3.05) is 59.0 Å². The molecule has 3 heterocycles. The number of rotatable bonds is 8. The first-order chi connectivity index (χ1) is 15.3.